The number of nitrogens with zero attached hydrogens (tertiary/aromatic N) is 3. The van der Waals surface area contributed by atoms with Crippen molar-refractivity contribution in [2.75, 3.05) is 0 Å². The van der Waals surface area contributed by atoms with Crippen LogP contribution in [0.25, 0.3) is 0 Å². The number of pyridine rings is 1. The topological polar surface area (TPSA) is 39.8 Å². The van der Waals surface area contributed by atoms with Crippen LogP contribution in [0.3, 0.4) is 0 Å². The fourth-order valence-corrected chi connectivity index (χ4v) is 1.94. The standard InChI is InChI=1S/C11H12BrN3O/c1-14-10(4-6-13-14)5-7-15-8-9(12)2-3-11(15)16/h2-4,6,8H,5,7H2,1H3. The van der Waals surface area contributed by atoms with Crippen molar-refractivity contribution in [3.63, 3.8) is 0 Å². The summed E-state index contributed by atoms with van der Waals surface area (Å²) in [5.41, 5.74) is 1.14. The van der Waals surface area contributed by atoms with Crippen LogP contribution in [0.15, 0.2) is 39.9 Å². The summed E-state index contributed by atoms with van der Waals surface area (Å²) in [5.74, 6) is 0. The van der Waals surface area contributed by atoms with E-state index in [0.717, 1.165) is 16.6 Å². The molecule has 84 valence electrons. The van der Waals surface area contributed by atoms with E-state index in [2.05, 4.69) is 21.0 Å². The van der Waals surface area contributed by atoms with Gasteiger partial charge in [-0.3, -0.25) is 9.48 Å². The van der Waals surface area contributed by atoms with E-state index in [1.807, 2.05) is 17.8 Å². The largest absolute Gasteiger partial charge is 0.314 e. The first-order chi connectivity index (χ1) is 7.66. The zero-order valence-corrected chi connectivity index (χ0v) is 10.5. The van der Waals surface area contributed by atoms with Crippen LogP contribution >= 0.6 is 15.9 Å². The van der Waals surface area contributed by atoms with Gasteiger partial charge in [-0.25, -0.2) is 0 Å². The quantitative estimate of drug-likeness (QED) is 0.857. The lowest BCUT2D eigenvalue weighted by molar-refractivity contribution is 0.621. The molecule has 0 amide bonds. The highest BCUT2D eigenvalue weighted by Crippen LogP contribution is 2.06. The molecule has 2 aromatic heterocycles. The first-order valence-electron chi connectivity index (χ1n) is 5.00. The maximum atomic E-state index is 11.5. The van der Waals surface area contributed by atoms with Gasteiger partial charge in [-0.05, 0) is 28.1 Å². The summed E-state index contributed by atoms with van der Waals surface area (Å²) in [7, 11) is 1.90. The van der Waals surface area contributed by atoms with E-state index < -0.39 is 0 Å². The van der Waals surface area contributed by atoms with Crippen LogP contribution in [0.4, 0.5) is 0 Å². The van der Waals surface area contributed by atoms with Crippen LogP contribution in [-0.4, -0.2) is 14.3 Å². The molecular weight excluding hydrogens is 270 g/mol. The number of rotatable bonds is 3. The molecule has 0 aliphatic rings. The van der Waals surface area contributed by atoms with Crippen LogP contribution in [-0.2, 0) is 20.0 Å². The molecule has 0 bridgehead atoms. The lowest BCUT2D eigenvalue weighted by atomic mass is 10.3. The monoisotopic (exact) mass is 281 g/mol. The van der Waals surface area contributed by atoms with Crippen molar-refractivity contribution in [3.8, 4) is 0 Å². The number of aryl methyl sites for hydroxylation is 3. The fraction of sp³-hybridized carbons (Fsp3) is 0.273. The van der Waals surface area contributed by atoms with Gasteiger partial charge in [0.2, 0.25) is 0 Å². The van der Waals surface area contributed by atoms with Crippen molar-refractivity contribution in [1.29, 1.82) is 0 Å². The van der Waals surface area contributed by atoms with Gasteiger partial charge in [0.1, 0.15) is 0 Å². The van der Waals surface area contributed by atoms with Crippen LogP contribution in [0.5, 0.6) is 0 Å². The van der Waals surface area contributed by atoms with Crippen molar-refractivity contribution < 1.29 is 0 Å². The third-order valence-corrected chi connectivity index (χ3v) is 2.95. The predicted octanol–water partition coefficient (Wildman–Crippen LogP) is 1.59. The van der Waals surface area contributed by atoms with E-state index in [-0.39, 0.29) is 5.56 Å². The zero-order chi connectivity index (χ0) is 11.5. The van der Waals surface area contributed by atoms with E-state index in [1.54, 1.807) is 29.1 Å². The summed E-state index contributed by atoms with van der Waals surface area (Å²) in [4.78, 5) is 11.5. The van der Waals surface area contributed by atoms with E-state index in [4.69, 9.17) is 0 Å². The smallest absolute Gasteiger partial charge is 0.250 e. The average molecular weight is 282 g/mol. The Morgan fingerprint density at radius 3 is 2.88 bits per heavy atom. The minimum absolute atomic E-state index is 0.0189. The Labute approximate surface area is 102 Å². The first kappa shape index (κ1) is 11.1. The highest BCUT2D eigenvalue weighted by Gasteiger charge is 2.01. The number of hydrogen-bond donors (Lipinski definition) is 0. The molecule has 2 rings (SSSR count). The Bertz CT molecular complexity index is 544. The molecule has 0 fully saturated rings. The second-order valence-electron chi connectivity index (χ2n) is 3.58. The zero-order valence-electron chi connectivity index (χ0n) is 8.93. The summed E-state index contributed by atoms with van der Waals surface area (Å²) in [6.45, 7) is 0.664. The van der Waals surface area contributed by atoms with Crippen molar-refractivity contribution in [3.05, 3.63) is 51.1 Å². The van der Waals surface area contributed by atoms with Crippen LogP contribution in [0, 0.1) is 0 Å². The second-order valence-corrected chi connectivity index (χ2v) is 4.49. The molecule has 16 heavy (non-hydrogen) atoms. The van der Waals surface area contributed by atoms with Crippen molar-refractivity contribution in [2.45, 2.75) is 13.0 Å². The third-order valence-electron chi connectivity index (χ3n) is 2.48. The molecule has 0 aromatic carbocycles. The van der Waals surface area contributed by atoms with E-state index in [9.17, 15) is 4.79 Å². The average Bonchev–Trinajstić information content (AvgIpc) is 2.66. The minimum atomic E-state index is 0.0189. The van der Waals surface area contributed by atoms with E-state index >= 15 is 0 Å². The van der Waals surface area contributed by atoms with Gasteiger partial charge in [-0.1, -0.05) is 0 Å². The lowest BCUT2D eigenvalue weighted by Crippen LogP contribution is -2.19. The Morgan fingerprint density at radius 1 is 1.38 bits per heavy atom. The molecule has 0 saturated carbocycles. The van der Waals surface area contributed by atoms with Crippen LogP contribution in [0.1, 0.15) is 5.69 Å². The minimum Gasteiger partial charge on any atom is -0.314 e. The molecular formula is C11H12BrN3O. The molecule has 5 heteroatoms. The SMILES string of the molecule is Cn1nccc1CCn1cc(Br)ccc1=O. The van der Waals surface area contributed by atoms with Gasteiger partial charge < -0.3 is 4.57 Å². The summed E-state index contributed by atoms with van der Waals surface area (Å²) < 4.78 is 4.43. The van der Waals surface area contributed by atoms with Gasteiger partial charge in [-0.2, -0.15) is 5.10 Å². The lowest BCUT2D eigenvalue weighted by Gasteiger charge is -2.06. The van der Waals surface area contributed by atoms with Crippen molar-refractivity contribution >= 4 is 15.9 Å². The third kappa shape index (κ3) is 2.41. The van der Waals surface area contributed by atoms with Gasteiger partial charge in [0.15, 0.2) is 0 Å². The van der Waals surface area contributed by atoms with Crippen molar-refractivity contribution in [1.82, 2.24) is 14.3 Å². The molecule has 0 saturated heterocycles. The molecule has 2 aromatic rings. The maximum Gasteiger partial charge on any atom is 0.250 e. The molecule has 2 heterocycles. The molecule has 0 aliphatic heterocycles. The summed E-state index contributed by atoms with van der Waals surface area (Å²) in [6, 6.07) is 5.28. The first-order valence-corrected chi connectivity index (χ1v) is 5.79. The molecule has 0 unspecified atom stereocenters. The van der Waals surface area contributed by atoms with Gasteiger partial charge in [0.05, 0.1) is 0 Å². The summed E-state index contributed by atoms with van der Waals surface area (Å²) >= 11 is 3.35. The normalized spacial score (nSPS) is 10.6. The Morgan fingerprint density at radius 2 is 2.19 bits per heavy atom. The van der Waals surface area contributed by atoms with E-state index in [1.165, 1.54) is 0 Å². The molecule has 4 nitrogen and oxygen atoms in total. The van der Waals surface area contributed by atoms with Gasteiger partial charge >= 0.3 is 0 Å². The Hall–Kier alpha value is -1.36. The predicted molar refractivity (Wildman–Crippen MR) is 65.3 cm³/mol. The highest BCUT2D eigenvalue weighted by atomic mass is 79.9. The fourth-order valence-electron chi connectivity index (χ4n) is 1.56. The molecule has 0 spiro atoms. The van der Waals surface area contributed by atoms with Gasteiger partial charge in [-0.15, -0.1) is 0 Å². The number of hydrogen-bond acceptors (Lipinski definition) is 2. The molecule has 0 N–H and O–H groups in total. The number of aromatic nitrogens is 3. The molecule has 0 radical (unpaired) electrons. The summed E-state index contributed by atoms with van der Waals surface area (Å²) in [5, 5.41) is 4.09. The van der Waals surface area contributed by atoms with Crippen LogP contribution < -0.4 is 5.56 Å². The second kappa shape index (κ2) is 4.65. The number of halogens is 1. The van der Waals surface area contributed by atoms with E-state index in [0.29, 0.717) is 6.54 Å². The highest BCUT2D eigenvalue weighted by molar-refractivity contribution is 9.10. The Balaban J connectivity index is 2.13. The van der Waals surface area contributed by atoms with Gasteiger partial charge in [0, 0.05) is 48.6 Å². The van der Waals surface area contributed by atoms with Crippen LogP contribution in [0.2, 0.25) is 0 Å². The Kier molecular flexibility index (Phi) is 3.24. The van der Waals surface area contributed by atoms with Crippen molar-refractivity contribution in [2.24, 2.45) is 7.05 Å². The van der Waals surface area contributed by atoms with Gasteiger partial charge in [0.25, 0.3) is 5.56 Å². The molecule has 0 atom stereocenters. The molecule has 0 aliphatic carbocycles. The summed E-state index contributed by atoms with van der Waals surface area (Å²) in [6.07, 6.45) is 4.37. The maximum absolute atomic E-state index is 11.5.